The van der Waals surface area contributed by atoms with Gasteiger partial charge in [0, 0.05) is 4.88 Å². The third-order valence-corrected chi connectivity index (χ3v) is 3.36. The van der Waals surface area contributed by atoms with Crippen molar-refractivity contribution in [1.82, 2.24) is 0 Å². The van der Waals surface area contributed by atoms with Crippen LogP contribution in [0, 0.1) is 0 Å². The summed E-state index contributed by atoms with van der Waals surface area (Å²) in [5.41, 5.74) is 1.04. The summed E-state index contributed by atoms with van der Waals surface area (Å²) >= 11 is 1.55. The molecule has 2 aromatic rings. The summed E-state index contributed by atoms with van der Waals surface area (Å²) < 4.78 is 5.08. The van der Waals surface area contributed by atoms with E-state index in [-0.39, 0.29) is 0 Å². The number of thiophene rings is 1. The van der Waals surface area contributed by atoms with Crippen LogP contribution in [0.2, 0.25) is 0 Å². The van der Waals surface area contributed by atoms with Gasteiger partial charge in [-0.05, 0) is 29.1 Å². The zero-order valence-electron chi connectivity index (χ0n) is 9.54. The van der Waals surface area contributed by atoms with Gasteiger partial charge >= 0.3 is 0 Å². The Morgan fingerprint density at radius 3 is 2.59 bits per heavy atom. The lowest BCUT2D eigenvalue weighted by atomic mass is 10.1. The van der Waals surface area contributed by atoms with E-state index < -0.39 is 6.10 Å². The van der Waals surface area contributed by atoms with Crippen LogP contribution in [0.25, 0.3) is 6.08 Å². The van der Waals surface area contributed by atoms with Crippen LogP contribution in [0.4, 0.5) is 0 Å². The Morgan fingerprint density at radius 2 is 2.00 bits per heavy atom. The molecule has 88 valence electrons. The largest absolute Gasteiger partial charge is 0.497 e. The van der Waals surface area contributed by atoms with Crippen molar-refractivity contribution in [3.8, 4) is 5.75 Å². The Bertz CT molecular complexity index is 471. The molecule has 1 unspecified atom stereocenters. The van der Waals surface area contributed by atoms with Crippen LogP contribution in [-0.2, 0) is 0 Å². The number of methoxy groups -OCH3 is 1. The van der Waals surface area contributed by atoms with Crippen LogP contribution in [0.5, 0.6) is 5.75 Å². The van der Waals surface area contributed by atoms with Crippen molar-refractivity contribution in [2.24, 2.45) is 0 Å². The summed E-state index contributed by atoms with van der Waals surface area (Å²) in [5, 5.41) is 11.8. The molecule has 2 rings (SSSR count). The molecule has 0 aliphatic rings. The summed E-state index contributed by atoms with van der Waals surface area (Å²) in [5.74, 6) is 0.834. The Balaban J connectivity index is 2.04. The fourth-order valence-corrected chi connectivity index (χ4v) is 2.16. The lowest BCUT2D eigenvalue weighted by molar-refractivity contribution is 0.233. The average Bonchev–Trinajstić information content (AvgIpc) is 2.90. The second-order valence-corrected chi connectivity index (χ2v) is 4.57. The van der Waals surface area contributed by atoms with E-state index in [4.69, 9.17) is 4.74 Å². The normalized spacial score (nSPS) is 12.8. The molecular weight excluding hydrogens is 232 g/mol. The Kier molecular flexibility index (Phi) is 3.96. The molecule has 1 N–H and O–H groups in total. The van der Waals surface area contributed by atoms with E-state index in [0.717, 1.165) is 16.2 Å². The average molecular weight is 246 g/mol. The predicted molar refractivity (Wildman–Crippen MR) is 71.3 cm³/mol. The fraction of sp³-hybridized carbons (Fsp3) is 0.143. The summed E-state index contributed by atoms with van der Waals surface area (Å²) in [6.07, 6.45) is 3.16. The quantitative estimate of drug-likeness (QED) is 0.894. The topological polar surface area (TPSA) is 29.5 Å². The smallest absolute Gasteiger partial charge is 0.118 e. The van der Waals surface area contributed by atoms with Crippen LogP contribution in [0.3, 0.4) is 0 Å². The van der Waals surface area contributed by atoms with Gasteiger partial charge in [-0.15, -0.1) is 11.3 Å². The second-order valence-electron chi connectivity index (χ2n) is 3.59. The van der Waals surface area contributed by atoms with Gasteiger partial charge in [0.25, 0.3) is 0 Å². The van der Waals surface area contributed by atoms with Crippen molar-refractivity contribution in [2.45, 2.75) is 6.10 Å². The minimum Gasteiger partial charge on any atom is -0.497 e. The highest BCUT2D eigenvalue weighted by Gasteiger charge is 2.02. The molecule has 0 fully saturated rings. The van der Waals surface area contributed by atoms with Crippen molar-refractivity contribution in [3.63, 3.8) is 0 Å². The molecule has 1 atom stereocenters. The molecule has 0 aliphatic heterocycles. The fourth-order valence-electron chi connectivity index (χ4n) is 1.47. The predicted octanol–water partition coefficient (Wildman–Crippen LogP) is 3.50. The second kappa shape index (κ2) is 5.66. The number of hydrogen-bond acceptors (Lipinski definition) is 3. The number of hydrogen-bond donors (Lipinski definition) is 1. The first-order chi connectivity index (χ1) is 8.29. The van der Waals surface area contributed by atoms with E-state index in [0.29, 0.717) is 0 Å². The first kappa shape index (κ1) is 11.9. The van der Waals surface area contributed by atoms with E-state index in [1.165, 1.54) is 0 Å². The number of aliphatic hydroxyl groups is 1. The maximum atomic E-state index is 9.87. The summed E-state index contributed by atoms with van der Waals surface area (Å²) in [6.45, 7) is 0. The lowest BCUT2D eigenvalue weighted by Crippen LogP contribution is -1.88. The standard InChI is InChI=1S/C14H14O2S/c1-16-12-7-4-11(5-8-12)6-9-13(15)14-3-2-10-17-14/h2-10,13,15H,1H3. The molecule has 0 aliphatic carbocycles. The molecule has 0 saturated carbocycles. The summed E-state index contributed by atoms with van der Waals surface area (Å²) in [6, 6.07) is 11.6. The molecule has 3 heteroatoms. The maximum absolute atomic E-state index is 9.87. The zero-order chi connectivity index (χ0) is 12.1. The SMILES string of the molecule is COc1ccc(C=CC(O)c2cccs2)cc1. The van der Waals surface area contributed by atoms with Gasteiger partial charge < -0.3 is 9.84 Å². The number of ether oxygens (including phenoxy) is 1. The van der Waals surface area contributed by atoms with Crippen molar-refractivity contribution in [1.29, 1.82) is 0 Å². The van der Waals surface area contributed by atoms with E-state index in [9.17, 15) is 5.11 Å². The molecule has 17 heavy (non-hydrogen) atoms. The third-order valence-electron chi connectivity index (χ3n) is 2.42. The first-order valence-corrected chi connectivity index (χ1v) is 6.21. The van der Waals surface area contributed by atoms with E-state index in [1.54, 1.807) is 24.5 Å². The van der Waals surface area contributed by atoms with Crippen LogP contribution in [-0.4, -0.2) is 12.2 Å². The summed E-state index contributed by atoms with van der Waals surface area (Å²) in [7, 11) is 1.64. The third kappa shape index (κ3) is 3.19. The van der Waals surface area contributed by atoms with Crippen molar-refractivity contribution < 1.29 is 9.84 Å². The van der Waals surface area contributed by atoms with E-state index in [2.05, 4.69) is 0 Å². The van der Waals surface area contributed by atoms with Crippen LogP contribution in [0.15, 0.2) is 47.9 Å². The van der Waals surface area contributed by atoms with Gasteiger partial charge in [0.1, 0.15) is 11.9 Å². The molecule has 0 bridgehead atoms. The van der Waals surface area contributed by atoms with Gasteiger partial charge in [-0.3, -0.25) is 0 Å². The molecule has 1 aromatic heterocycles. The number of rotatable bonds is 4. The first-order valence-electron chi connectivity index (χ1n) is 5.33. The molecule has 2 nitrogen and oxygen atoms in total. The van der Waals surface area contributed by atoms with Gasteiger partial charge in [-0.2, -0.15) is 0 Å². The minimum atomic E-state index is -0.530. The molecule has 1 aromatic carbocycles. The van der Waals surface area contributed by atoms with Crippen LogP contribution >= 0.6 is 11.3 Å². The molecule has 0 radical (unpaired) electrons. The Morgan fingerprint density at radius 1 is 1.24 bits per heavy atom. The van der Waals surface area contributed by atoms with Gasteiger partial charge in [0.15, 0.2) is 0 Å². The molecular formula is C14H14O2S. The van der Waals surface area contributed by atoms with Crippen molar-refractivity contribution >= 4 is 17.4 Å². The highest BCUT2D eigenvalue weighted by molar-refractivity contribution is 7.10. The van der Waals surface area contributed by atoms with E-state index in [1.807, 2.05) is 47.9 Å². The van der Waals surface area contributed by atoms with Gasteiger partial charge in [-0.1, -0.05) is 30.4 Å². The van der Waals surface area contributed by atoms with Gasteiger partial charge in [0.2, 0.25) is 0 Å². The Labute approximate surface area is 105 Å². The number of benzene rings is 1. The molecule has 0 saturated heterocycles. The highest BCUT2D eigenvalue weighted by atomic mass is 32.1. The van der Waals surface area contributed by atoms with E-state index >= 15 is 0 Å². The number of aliphatic hydroxyl groups excluding tert-OH is 1. The maximum Gasteiger partial charge on any atom is 0.118 e. The van der Waals surface area contributed by atoms with Gasteiger partial charge in [-0.25, -0.2) is 0 Å². The minimum absolute atomic E-state index is 0.530. The van der Waals surface area contributed by atoms with Crippen LogP contribution < -0.4 is 4.74 Å². The highest BCUT2D eigenvalue weighted by Crippen LogP contribution is 2.21. The Hall–Kier alpha value is -1.58. The van der Waals surface area contributed by atoms with Crippen molar-refractivity contribution in [3.05, 3.63) is 58.3 Å². The molecule has 0 spiro atoms. The van der Waals surface area contributed by atoms with Crippen molar-refractivity contribution in [2.75, 3.05) is 7.11 Å². The molecule has 0 amide bonds. The summed E-state index contributed by atoms with van der Waals surface area (Å²) in [4.78, 5) is 0.953. The lowest BCUT2D eigenvalue weighted by Gasteiger charge is -2.02. The molecule has 1 heterocycles. The monoisotopic (exact) mass is 246 g/mol. The van der Waals surface area contributed by atoms with Crippen LogP contribution in [0.1, 0.15) is 16.5 Å². The zero-order valence-corrected chi connectivity index (χ0v) is 10.4. The van der Waals surface area contributed by atoms with Gasteiger partial charge in [0.05, 0.1) is 7.11 Å².